The predicted molar refractivity (Wildman–Crippen MR) is 56.6 cm³/mol. The maximum Gasteiger partial charge on any atom is 0.341 e. The van der Waals surface area contributed by atoms with Gasteiger partial charge in [0.25, 0.3) is 0 Å². The largest absolute Gasteiger partial charge is 0.457 e. The number of ether oxygens (including phenoxy) is 1. The minimum absolute atomic E-state index is 0.224. The van der Waals surface area contributed by atoms with Crippen LogP contribution in [0.25, 0.3) is 0 Å². The summed E-state index contributed by atoms with van der Waals surface area (Å²) in [5, 5.41) is 3.90. The van der Waals surface area contributed by atoms with E-state index in [1.807, 2.05) is 6.07 Å². The molecule has 0 aromatic carbocycles. The maximum absolute atomic E-state index is 11.5. The molecule has 2 rings (SSSR count). The van der Waals surface area contributed by atoms with E-state index < -0.39 is 0 Å². The topological polar surface area (TPSA) is 57.0 Å². The number of nitrogens with zero attached hydrogens (tertiary/aromatic N) is 3. The number of rotatable bonds is 3. The zero-order valence-electron chi connectivity index (χ0n) is 8.83. The van der Waals surface area contributed by atoms with Crippen molar-refractivity contribution in [2.24, 2.45) is 7.05 Å². The van der Waals surface area contributed by atoms with E-state index in [1.165, 1.54) is 6.20 Å². The fourth-order valence-corrected chi connectivity index (χ4v) is 1.24. The van der Waals surface area contributed by atoms with Crippen LogP contribution in [0.15, 0.2) is 36.9 Å². The lowest BCUT2D eigenvalue weighted by atomic mass is 10.3. The number of esters is 1. The molecule has 0 amide bonds. The van der Waals surface area contributed by atoms with Gasteiger partial charge >= 0.3 is 5.97 Å². The summed E-state index contributed by atoms with van der Waals surface area (Å²) in [5.41, 5.74) is 1.31. The van der Waals surface area contributed by atoms with Crippen LogP contribution in [0.5, 0.6) is 0 Å². The molecular weight excluding hydrogens is 206 g/mol. The third-order valence-electron chi connectivity index (χ3n) is 2.03. The monoisotopic (exact) mass is 217 g/mol. The summed E-state index contributed by atoms with van der Waals surface area (Å²) in [4.78, 5) is 15.5. The van der Waals surface area contributed by atoms with Crippen molar-refractivity contribution in [3.8, 4) is 0 Å². The van der Waals surface area contributed by atoms with Crippen molar-refractivity contribution in [1.82, 2.24) is 14.8 Å². The second-order valence-corrected chi connectivity index (χ2v) is 3.34. The Morgan fingerprint density at radius 2 is 2.38 bits per heavy atom. The summed E-state index contributed by atoms with van der Waals surface area (Å²) in [6.07, 6.45) is 6.43. The van der Waals surface area contributed by atoms with Crippen LogP contribution in [0.2, 0.25) is 0 Å². The molecule has 2 aromatic heterocycles. The first-order valence-electron chi connectivity index (χ1n) is 4.80. The predicted octanol–water partition coefficient (Wildman–Crippen LogP) is 1.17. The van der Waals surface area contributed by atoms with E-state index in [0.717, 1.165) is 5.56 Å². The molecule has 2 aromatic rings. The summed E-state index contributed by atoms with van der Waals surface area (Å²) in [5.74, 6) is -0.378. The zero-order chi connectivity index (χ0) is 11.4. The van der Waals surface area contributed by atoms with Gasteiger partial charge in [0, 0.05) is 31.2 Å². The first-order valence-corrected chi connectivity index (χ1v) is 4.80. The van der Waals surface area contributed by atoms with Gasteiger partial charge in [-0.05, 0) is 6.07 Å². The van der Waals surface area contributed by atoms with E-state index in [0.29, 0.717) is 5.56 Å². The number of carbonyl (C=O) groups is 1. The van der Waals surface area contributed by atoms with Crippen LogP contribution < -0.4 is 0 Å². The molecule has 5 nitrogen and oxygen atoms in total. The Morgan fingerprint density at radius 1 is 1.50 bits per heavy atom. The van der Waals surface area contributed by atoms with Crippen molar-refractivity contribution in [3.05, 3.63) is 48.0 Å². The van der Waals surface area contributed by atoms with Crippen molar-refractivity contribution in [3.63, 3.8) is 0 Å². The molecule has 0 aliphatic heterocycles. The molecule has 0 aliphatic rings. The van der Waals surface area contributed by atoms with Gasteiger partial charge in [-0.25, -0.2) is 4.79 Å². The smallest absolute Gasteiger partial charge is 0.341 e. The molecule has 16 heavy (non-hydrogen) atoms. The zero-order valence-corrected chi connectivity index (χ0v) is 8.83. The Balaban J connectivity index is 1.94. The molecule has 0 atom stereocenters. The molecule has 5 heteroatoms. The van der Waals surface area contributed by atoms with E-state index in [1.54, 1.807) is 36.4 Å². The average molecular weight is 217 g/mol. The number of hydrogen-bond acceptors (Lipinski definition) is 4. The second-order valence-electron chi connectivity index (χ2n) is 3.34. The van der Waals surface area contributed by atoms with Crippen LogP contribution >= 0.6 is 0 Å². The van der Waals surface area contributed by atoms with Crippen molar-refractivity contribution in [2.45, 2.75) is 6.61 Å². The highest BCUT2D eigenvalue weighted by Crippen LogP contribution is 2.03. The normalized spacial score (nSPS) is 10.1. The average Bonchev–Trinajstić information content (AvgIpc) is 2.74. The quantitative estimate of drug-likeness (QED) is 0.724. The molecule has 0 saturated heterocycles. The first-order chi connectivity index (χ1) is 7.75. The lowest BCUT2D eigenvalue weighted by Crippen LogP contribution is -2.04. The first kappa shape index (κ1) is 10.4. The number of carbonyl (C=O) groups excluding carboxylic acids is 1. The molecule has 0 saturated carbocycles. The van der Waals surface area contributed by atoms with Crippen molar-refractivity contribution in [2.75, 3.05) is 0 Å². The molecule has 0 aliphatic carbocycles. The molecule has 0 fully saturated rings. The van der Waals surface area contributed by atoms with Crippen LogP contribution in [0, 0.1) is 0 Å². The fourth-order valence-electron chi connectivity index (χ4n) is 1.24. The standard InChI is InChI=1S/C11H11N3O2/c1-14-7-10(6-13-14)11(15)16-8-9-3-2-4-12-5-9/h2-7H,8H2,1H3. The third-order valence-corrected chi connectivity index (χ3v) is 2.03. The van der Waals surface area contributed by atoms with Gasteiger partial charge in [-0.2, -0.15) is 5.10 Å². The SMILES string of the molecule is Cn1cc(C(=O)OCc2cccnc2)cn1. The minimum Gasteiger partial charge on any atom is -0.457 e. The molecular formula is C11H11N3O2. The molecule has 0 unspecified atom stereocenters. The van der Waals surface area contributed by atoms with Gasteiger partial charge in [0.1, 0.15) is 6.61 Å². The van der Waals surface area contributed by atoms with E-state index in [9.17, 15) is 4.79 Å². The lowest BCUT2D eigenvalue weighted by Gasteiger charge is -2.02. The van der Waals surface area contributed by atoms with Crippen molar-refractivity contribution < 1.29 is 9.53 Å². The van der Waals surface area contributed by atoms with Gasteiger partial charge < -0.3 is 4.74 Å². The van der Waals surface area contributed by atoms with Crippen LogP contribution in [0.1, 0.15) is 15.9 Å². The summed E-state index contributed by atoms with van der Waals surface area (Å²) in [6.45, 7) is 0.224. The van der Waals surface area contributed by atoms with Gasteiger partial charge in [0.2, 0.25) is 0 Å². The summed E-state index contributed by atoms with van der Waals surface area (Å²) < 4.78 is 6.65. The third kappa shape index (κ3) is 2.44. The molecule has 0 N–H and O–H groups in total. The molecule has 0 radical (unpaired) electrons. The molecule has 2 heterocycles. The van der Waals surface area contributed by atoms with E-state index in [2.05, 4.69) is 10.1 Å². The van der Waals surface area contributed by atoms with Gasteiger partial charge in [-0.3, -0.25) is 9.67 Å². The number of pyridine rings is 1. The lowest BCUT2D eigenvalue weighted by molar-refractivity contribution is 0.0472. The number of hydrogen-bond donors (Lipinski definition) is 0. The van der Waals surface area contributed by atoms with E-state index in [4.69, 9.17) is 4.74 Å². The summed E-state index contributed by atoms with van der Waals surface area (Å²) >= 11 is 0. The molecule has 0 bridgehead atoms. The fraction of sp³-hybridized carbons (Fsp3) is 0.182. The van der Waals surface area contributed by atoms with Crippen molar-refractivity contribution >= 4 is 5.97 Å². The summed E-state index contributed by atoms with van der Waals surface area (Å²) in [7, 11) is 1.75. The highest BCUT2D eigenvalue weighted by molar-refractivity contribution is 5.88. The van der Waals surface area contributed by atoms with Gasteiger partial charge in [-0.15, -0.1) is 0 Å². The number of aromatic nitrogens is 3. The van der Waals surface area contributed by atoms with Gasteiger partial charge in [0.15, 0.2) is 0 Å². The number of aryl methyl sites for hydroxylation is 1. The highest BCUT2D eigenvalue weighted by atomic mass is 16.5. The van der Waals surface area contributed by atoms with E-state index in [-0.39, 0.29) is 12.6 Å². The van der Waals surface area contributed by atoms with Crippen molar-refractivity contribution in [1.29, 1.82) is 0 Å². The van der Waals surface area contributed by atoms with Crippen LogP contribution in [-0.2, 0) is 18.4 Å². The Kier molecular flexibility index (Phi) is 2.95. The van der Waals surface area contributed by atoms with E-state index >= 15 is 0 Å². The highest BCUT2D eigenvalue weighted by Gasteiger charge is 2.08. The van der Waals surface area contributed by atoms with Gasteiger partial charge in [-0.1, -0.05) is 6.07 Å². The molecule has 0 spiro atoms. The van der Waals surface area contributed by atoms with Crippen LogP contribution in [-0.4, -0.2) is 20.7 Å². The molecule has 82 valence electrons. The van der Waals surface area contributed by atoms with Crippen LogP contribution in [0.3, 0.4) is 0 Å². The second kappa shape index (κ2) is 4.57. The maximum atomic E-state index is 11.5. The Hall–Kier alpha value is -2.17. The Labute approximate surface area is 92.7 Å². The Bertz CT molecular complexity index is 479. The summed E-state index contributed by atoms with van der Waals surface area (Å²) in [6, 6.07) is 3.65. The van der Waals surface area contributed by atoms with Crippen LogP contribution in [0.4, 0.5) is 0 Å². The Morgan fingerprint density at radius 3 is 3.00 bits per heavy atom. The van der Waals surface area contributed by atoms with Gasteiger partial charge in [0.05, 0.1) is 11.8 Å². The minimum atomic E-state index is -0.378.